The molecular formula is C19H17ClN2O3S. The van der Waals surface area contributed by atoms with Gasteiger partial charge in [0.25, 0.3) is 0 Å². The van der Waals surface area contributed by atoms with Gasteiger partial charge in [-0.1, -0.05) is 35.5 Å². The molecule has 2 aromatic carbocycles. The van der Waals surface area contributed by atoms with Crippen molar-refractivity contribution in [3.63, 3.8) is 0 Å². The molecule has 0 spiro atoms. The van der Waals surface area contributed by atoms with Gasteiger partial charge in [-0.25, -0.2) is 4.98 Å². The maximum Gasteiger partial charge on any atom is 0.234 e. The van der Waals surface area contributed by atoms with Crippen molar-refractivity contribution in [2.24, 2.45) is 0 Å². The van der Waals surface area contributed by atoms with Gasteiger partial charge in [-0.3, -0.25) is 4.79 Å². The highest BCUT2D eigenvalue weighted by Crippen LogP contribution is 2.30. The fourth-order valence-electron chi connectivity index (χ4n) is 2.53. The highest BCUT2D eigenvalue weighted by molar-refractivity contribution is 7.99. The van der Waals surface area contributed by atoms with Crippen LogP contribution in [0, 0.1) is 6.92 Å². The zero-order valence-electron chi connectivity index (χ0n) is 14.2. The number of methoxy groups -OCH3 is 1. The molecule has 2 N–H and O–H groups in total. The normalized spacial score (nSPS) is 10.7. The number of carbonyl (C=O) groups excluding carboxylic acids is 1. The summed E-state index contributed by atoms with van der Waals surface area (Å²) < 4.78 is 5.38. The number of hydrogen-bond acceptors (Lipinski definition) is 5. The lowest BCUT2D eigenvalue weighted by Gasteiger charge is -2.10. The fourth-order valence-corrected chi connectivity index (χ4v) is 3.47. The van der Waals surface area contributed by atoms with Crippen molar-refractivity contribution in [2.75, 3.05) is 18.2 Å². The third-order valence-electron chi connectivity index (χ3n) is 3.79. The number of hydrogen-bond donors (Lipinski definition) is 2. The number of ether oxygens (including phenoxy) is 1. The van der Waals surface area contributed by atoms with E-state index in [1.807, 2.05) is 31.2 Å². The van der Waals surface area contributed by atoms with E-state index >= 15 is 0 Å². The summed E-state index contributed by atoms with van der Waals surface area (Å²) in [6.45, 7) is 2.00. The van der Waals surface area contributed by atoms with Crippen molar-refractivity contribution in [2.45, 2.75) is 11.9 Å². The summed E-state index contributed by atoms with van der Waals surface area (Å²) in [5, 5.41) is 14.6. The number of para-hydroxylation sites is 1. The number of phenols is 1. The van der Waals surface area contributed by atoms with Crippen LogP contribution in [-0.2, 0) is 4.79 Å². The van der Waals surface area contributed by atoms with E-state index in [1.165, 1.54) is 23.9 Å². The Balaban J connectivity index is 1.75. The fraction of sp³-hybridized carbons (Fsp3) is 0.158. The van der Waals surface area contributed by atoms with Gasteiger partial charge in [0.1, 0.15) is 17.0 Å². The van der Waals surface area contributed by atoms with Gasteiger partial charge >= 0.3 is 0 Å². The number of thioether (sulfide) groups is 1. The number of benzene rings is 2. The van der Waals surface area contributed by atoms with Crippen molar-refractivity contribution in [3.05, 3.63) is 53.1 Å². The lowest BCUT2D eigenvalue weighted by atomic mass is 10.1. The Labute approximate surface area is 160 Å². The summed E-state index contributed by atoms with van der Waals surface area (Å²) >= 11 is 7.20. The van der Waals surface area contributed by atoms with Crippen LogP contribution in [0.5, 0.6) is 11.5 Å². The molecule has 1 amide bonds. The van der Waals surface area contributed by atoms with Crippen LogP contribution in [0.15, 0.2) is 47.5 Å². The number of rotatable bonds is 5. The van der Waals surface area contributed by atoms with E-state index in [9.17, 15) is 9.90 Å². The number of aromatic hydroxyl groups is 1. The molecule has 3 aromatic rings. The van der Waals surface area contributed by atoms with Crippen molar-refractivity contribution in [3.8, 4) is 11.5 Å². The van der Waals surface area contributed by atoms with E-state index < -0.39 is 0 Å². The number of fused-ring (bicyclic) bond motifs is 1. The SMILES string of the molecule is COc1cccc2c(C)cc(SCC(=O)Nc3cc(Cl)ccc3O)nc12. The molecule has 0 atom stereocenters. The predicted molar refractivity (Wildman–Crippen MR) is 106 cm³/mol. The second-order valence-electron chi connectivity index (χ2n) is 5.63. The first kappa shape index (κ1) is 18.4. The molecule has 7 heteroatoms. The molecule has 1 heterocycles. The Morgan fingerprint density at radius 2 is 2.12 bits per heavy atom. The largest absolute Gasteiger partial charge is 0.506 e. The van der Waals surface area contributed by atoms with Gasteiger partial charge in [0.15, 0.2) is 0 Å². The topological polar surface area (TPSA) is 71.5 Å². The summed E-state index contributed by atoms with van der Waals surface area (Å²) in [6, 6.07) is 12.2. The Morgan fingerprint density at radius 3 is 2.88 bits per heavy atom. The van der Waals surface area contributed by atoms with Gasteiger partial charge in [-0.2, -0.15) is 0 Å². The summed E-state index contributed by atoms with van der Waals surface area (Å²) in [5.41, 5.74) is 2.11. The molecule has 0 radical (unpaired) electrons. The zero-order chi connectivity index (χ0) is 18.7. The van der Waals surface area contributed by atoms with Crippen molar-refractivity contribution in [1.82, 2.24) is 4.98 Å². The van der Waals surface area contributed by atoms with Crippen LogP contribution in [0.25, 0.3) is 10.9 Å². The maximum absolute atomic E-state index is 12.2. The van der Waals surface area contributed by atoms with Crippen LogP contribution in [-0.4, -0.2) is 28.9 Å². The Kier molecular flexibility index (Phi) is 5.54. The van der Waals surface area contributed by atoms with E-state index in [0.717, 1.165) is 21.5 Å². The predicted octanol–water partition coefficient (Wildman–Crippen LogP) is 4.64. The van der Waals surface area contributed by atoms with E-state index in [0.29, 0.717) is 10.8 Å². The van der Waals surface area contributed by atoms with Crippen LogP contribution in [0.4, 0.5) is 5.69 Å². The Bertz CT molecular complexity index is 978. The molecule has 0 aliphatic carbocycles. The van der Waals surface area contributed by atoms with Crippen LogP contribution < -0.4 is 10.1 Å². The Morgan fingerprint density at radius 1 is 1.31 bits per heavy atom. The first-order chi connectivity index (χ1) is 12.5. The average molecular weight is 389 g/mol. The van der Waals surface area contributed by atoms with Gasteiger partial charge in [-0.15, -0.1) is 0 Å². The van der Waals surface area contributed by atoms with Crippen LogP contribution in [0.3, 0.4) is 0 Å². The first-order valence-electron chi connectivity index (χ1n) is 7.83. The van der Waals surface area contributed by atoms with Crippen LogP contribution in [0.1, 0.15) is 5.56 Å². The monoisotopic (exact) mass is 388 g/mol. The molecule has 0 aliphatic heterocycles. The molecule has 0 bridgehead atoms. The number of anilines is 1. The van der Waals surface area contributed by atoms with Gasteiger partial charge in [0, 0.05) is 10.4 Å². The number of phenolic OH excluding ortho intramolecular Hbond substituents is 1. The van der Waals surface area contributed by atoms with E-state index in [2.05, 4.69) is 10.3 Å². The smallest absolute Gasteiger partial charge is 0.234 e. The number of aryl methyl sites for hydroxylation is 1. The maximum atomic E-state index is 12.2. The number of pyridine rings is 1. The van der Waals surface area contributed by atoms with Crippen molar-refractivity contribution < 1.29 is 14.6 Å². The third kappa shape index (κ3) is 4.03. The minimum atomic E-state index is -0.257. The highest BCUT2D eigenvalue weighted by atomic mass is 35.5. The number of aromatic nitrogens is 1. The standard InChI is InChI=1S/C19H17ClN2O3S/c1-11-8-18(22-19-13(11)4-3-5-16(19)25-2)26-10-17(24)21-14-9-12(20)6-7-15(14)23/h3-9,23H,10H2,1-2H3,(H,21,24). The second kappa shape index (κ2) is 7.85. The Hall–Kier alpha value is -2.44. The summed E-state index contributed by atoms with van der Waals surface area (Å²) in [5.74, 6) is 0.560. The minimum Gasteiger partial charge on any atom is -0.506 e. The molecule has 1 aromatic heterocycles. The molecule has 0 aliphatic rings. The summed E-state index contributed by atoms with van der Waals surface area (Å²) in [6.07, 6.45) is 0. The van der Waals surface area contributed by atoms with Gasteiger partial charge in [0.05, 0.1) is 23.6 Å². The highest BCUT2D eigenvalue weighted by Gasteiger charge is 2.11. The third-order valence-corrected chi connectivity index (χ3v) is 4.94. The second-order valence-corrected chi connectivity index (χ2v) is 7.06. The molecule has 0 unspecified atom stereocenters. The first-order valence-corrected chi connectivity index (χ1v) is 9.20. The molecule has 0 fully saturated rings. The summed E-state index contributed by atoms with van der Waals surface area (Å²) in [4.78, 5) is 16.8. The van der Waals surface area contributed by atoms with Gasteiger partial charge in [0.2, 0.25) is 5.91 Å². The lowest BCUT2D eigenvalue weighted by Crippen LogP contribution is -2.14. The molecule has 134 valence electrons. The molecule has 0 saturated heterocycles. The lowest BCUT2D eigenvalue weighted by molar-refractivity contribution is -0.113. The molecule has 3 rings (SSSR count). The van der Waals surface area contributed by atoms with Gasteiger partial charge in [-0.05, 0) is 42.8 Å². The number of halogens is 1. The average Bonchev–Trinajstić information content (AvgIpc) is 2.62. The van der Waals surface area contributed by atoms with Crippen LogP contribution in [0.2, 0.25) is 5.02 Å². The molecule has 5 nitrogen and oxygen atoms in total. The van der Waals surface area contributed by atoms with Gasteiger partial charge < -0.3 is 15.2 Å². The minimum absolute atomic E-state index is 0.0304. The zero-order valence-corrected chi connectivity index (χ0v) is 15.8. The molecule has 26 heavy (non-hydrogen) atoms. The van der Waals surface area contributed by atoms with E-state index in [4.69, 9.17) is 16.3 Å². The number of carbonyl (C=O) groups is 1. The number of amides is 1. The van der Waals surface area contributed by atoms with Crippen molar-refractivity contribution in [1.29, 1.82) is 0 Å². The quantitative estimate of drug-likeness (QED) is 0.492. The van der Waals surface area contributed by atoms with Crippen LogP contribution >= 0.6 is 23.4 Å². The molecular weight excluding hydrogens is 372 g/mol. The number of nitrogens with one attached hydrogen (secondary N) is 1. The number of nitrogens with zero attached hydrogens (tertiary/aromatic N) is 1. The summed E-state index contributed by atoms with van der Waals surface area (Å²) in [7, 11) is 1.61. The van der Waals surface area contributed by atoms with Crippen molar-refractivity contribution >= 4 is 45.9 Å². The van der Waals surface area contributed by atoms with E-state index in [-0.39, 0.29) is 23.1 Å². The molecule has 0 saturated carbocycles. The van der Waals surface area contributed by atoms with E-state index in [1.54, 1.807) is 13.2 Å².